The number of aromatic nitrogens is 1. The minimum Gasteiger partial charge on any atom is -0.494 e. The van der Waals surface area contributed by atoms with Crippen LogP contribution < -0.4 is 15.8 Å². The molecule has 0 aliphatic heterocycles. The average Bonchev–Trinajstić information content (AvgIpc) is 3.04. The first-order valence-corrected chi connectivity index (χ1v) is 11.0. The number of carbonyl (C=O) groups excluding carboxylic acids is 1. The van der Waals surface area contributed by atoms with Gasteiger partial charge >= 0.3 is 6.09 Å². The number of amides is 1. The molecule has 31 heavy (non-hydrogen) atoms. The van der Waals surface area contributed by atoms with Gasteiger partial charge in [-0.15, -0.1) is 0 Å². The van der Waals surface area contributed by atoms with Gasteiger partial charge in [0.1, 0.15) is 11.9 Å². The first-order valence-electron chi connectivity index (χ1n) is 11.0. The van der Waals surface area contributed by atoms with Crippen LogP contribution in [0.2, 0.25) is 0 Å². The second-order valence-corrected chi connectivity index (χ2v) is 8.08. The monoisotopic (exact) mass is 423 g/mol. The number of ether oxygens (including phenoxy) is 2. The number of nitrogens with one attached hydrogen (secondary N) is 1. The van der Waals surface area contributed by atoms with Crippen molar-refractivity contribution >= 4 is 28.4 Å². The van der Waals surface area contributed by atoms with Crippen molar-refractivity contribution < 1.29 is 14.3 Å². The van der Waals surface area contributed by atoms with Gasteiger partial charge in [-0.1, -0.05) is 26.0 Å². The molecule has 3 N–H and O–H groups in total. The Bertz CT molecular complexity index is 1040. The molecule has 0 fully saturated rings. The molecule has 166 valence electrons. The number of nitrogens with zero attached hydrogens (tertiary/aromatic N) is 1. The number of benzene rings is 2. The summed E-state index contributed by atoms with van der Waals surface area (Å²) in [7, 11) is 0. The standard InChI is InChI=1S/C25H33N3O3/c1-6-14-30-20-12-13-21-22(15-20)28(16(3)4)24(23(21)26)18-8-10-19(11-9-18)27-25(29)31-17(5)7-2/h8-13,15-17H,6-7,14,26H2,1-5H3,(H,27,29). The third-order valence-electron chi connectivity index (χ3n) is 5.29. The number of nitrogen functional groups attached to an aromatic ring is 1. The molecule has 1 atom stereocenters. The molecule has 6 nitrogen and oxygen atoms in total. The van der Waals surface area contributed by atoms with Gasteiger partial charge in [0.25, 0.3) is 0 Å². The van der Waals surface area contributed by atoms with Gasteiger partial charge in [0.2, 0.25) is 0 Å². The van der Waals surface area contributed by atoms with Crippen LogP contribution in [0.1, 0.15) is 53.5 Å². The first-order chi connectivity index (χ1) is 14.8. The molecule has 1 heterocycles. The van der Waals surface area contributed by atoms with E-state index in [1.54, 1.807) is 0 Å². The lowest BCUT2D eigenvalue weighted by molar-refractivity contribution is 0.118. The highest BCUT2D eigenvalue weighted by atomic mass is 16.6. The summed E-state index contributed by atoms with van der Waals surface area (Å²) in [5.74, 6) is 0.847. The van der Waals surface area contributed by atoms with E-state index in [-0.39, 0.29) is 12.1 Å². The maximum absolute atomic E-state index is 12.0. The molecular formula is C25H33N3O3. The van der Waals surface area contributed by atoms with Crippen LogP contribution in [-0.2, 0) is 4.74 Å². The average molecular weight is 424 g/mol. The predicted molar refractivity (Wildman–Crippen MR) is 128 cm³/mol. The smallest absolute Gasteiger partial charge is 0.411 e. The van der Waals surface area contributed by atoms with E-state index in [0.717, 1.165) is 46.4 Å². The maximum Gasteiger partial charge on any atom is 0.411 e. The molecule has 0 aliphatic rings. The van der Waals surface area contributed by atoms with Crippen LogP contribution in [0.15, 0.2) is 42.5 Å². The second kappa shape index (κ2) is 9.77. The fourth-order valence-electron chi connectivity index (χ4n) is 3.58. The van der Waals surface area contributed by atoms with Gasteiger partial charge in [-0.25, -0.2) is 4.79 Å². The molecule has 3 rings (SSSR count). The molecule has 0 saturated heterocycles. The Morgan fingerprint density at radius 2 is 1.81 bits per heavy atom. The summed E-state index contributed by atoms with van der Waals surface area (Å²) < 4.78 is 13.4. The molecule has 0 bridgehead atoms. The lowest BCUT2D eigenvalue weighted by Gasteiger charge is -2.16. The van der Waals surface area contributed by atoms with E-state index in [0.29, 0.717) is 12.3 Å². The van der Waals surface area contributed by atoms with Crippen molar-refractivity contribution in [2.24, 2.45) is 0 Å². The highest BCUT2D eigenvalue weighted by Crippen LogP contribution is 2.40. The van der Waals surface area contributed by atoms with Crippen molar-refractivity contribution in [3.8, 4) is 17.0 Å². The summed E-state index contributed by atoms with van der Waals surface area (Å²) in [4.78, 5) is 12.0. The Morgan fingerprint density at radius 3 is 2.42 bits per heavy atom. The molecule has 0 radical (unpaired) electrons. The normalized spacial score (nSPS) is 12.2. The SMILES string of the molecule is CCCOc1ccc2c(N)c(-c3ccc(NC(=O)OC(C)CC)cc3)n(C(C)C)c2c1. The summed E-state index contributed by atoms with van der Waals surface area (Å²) in [5.41, 5.74) is 11.0. The van der Waals surface area contributed by atoms with Gasteiger partial charge in [-0.3, -0.25) is 5.32 Å². The molecule has 3 aromatic rings. The van der Waals surface area contributed by atoms with Crippen LogP contribution in [0, 0.1) is 0 Å². The number of hydrogen-bond donors (Lipinski definition) is 2. The van der Waals surface area contributed by atoms with E-state index in [9.17, 15) is 4.79 Å². The zero-order chi connectivity index (χ0) is 22.5. The van der Waals surface area contributed by atoms with Gasteiger partial charge in [0.05, 0.1) is 23.5 Å². The zero-order valence-corrected chi connectivity index (χ0v) is 19.1. The molecule has 1 amide bonds. The van der Waals surface area contributed by atoms with Gasteiger partial charge in [0, 0.05) is 28.7 Å². The Kier molecular flexibility index (Phi) is 7.10. The van der Waals surface area contributed by atoms with Crippen LogP contribution in [0.25, 0.3) is 22.2 Å². The summed E-state index contributed by atoms with van der Waals surface area (Å²) >= 11 is 0. The van der Waals surface area contributed by atoms with Crippen LogP contribution in [0.5, 0.6) is 5.75 Å². The molecule has 0 spiro atoms. The van der Waals surface area contributed by atoms with Crippen LogP contribution in [0.4, 0.5) is 16.2 Å². The molecule has 0 aliphatic carbocycles. The highest BCUT2D eigenvalue weighted by molar-refractivity contribution is 6.01. The molecule has 1 aromatic heterocycles. The third kappa shape index (κ3) is 4.95. The Hall–Kier alpha value is -3.15. The van der Waals surface area contributed by atoms with Crippen molar-refractivity contribution in [1.82, 2.24) is 4.57 Å². The van der Waals surface area contributed by atoms with Gasteiger partial charge in [-0.05, 0) is 57.9 Å². The van der Waals surface area contributed by atoms with E-state index >= 15 is 0 Å². The largest absolute Gasteiger partial charge is 0.494 e. The van der Waals surface area contributed by atoms with E-state index in [1.807, 2.05) is 50.2 Å². The number of anilines is 2. The number of carbonyl (C=O) groups is 1. The number of rotatable bonds is 8. The lowest BCUT2D eigenvalue weighted by Crippen LogP contribution is -2.19. The Balaban J connectivity index is 1.95. The van der Waals surface area contributed by atoms with E-state index in [2.05, 4.69) is 36.7 Å². The van der Waals surface area contributed by atoms with Crippen LogP contribution >= 0.6 is 0 Å². The zero-order valence-electron chi connectivity index (χ0n) is 19.1. The number of hydrogen-bond acceptors (Lipinski definition) is 4. The summed E-state index contributed by atoms with van der Waals surface area (Å²) in [6.07, 6.45) is 1.17. The van der Waals surface area contributed by atoms with E-state index in [4.69, 9.17) is 15.2 Å². The summed E-state index contributed by atoms with van der Waals surface area (Å²) in [5, 5.41) is 3.78. The minimum atomic E-state index is -0.447. The topological polar surface area (TPSA) is 78.5 Å². The maximum atomic E-state index is 12.0. The van der Waals surface area contributed by atoms with Crippen molar-refractivity contribution in [3.63, 3.8) is 0 Å². The fraction of sp³-hybridized carbons (Fsp3) is 0.400. The van der Waals surface area contributed by atoms with Crippen molar-refractivity contribution in [2.75, 3.05) is 17.7 Å². The molecule has 6 heteroatoms. The van der Waals surface area contributed by atoms with E-state index < -0.39 is 6.09 Å². The third-order valence-corrected chi connectivity index (χ3v) is 5.29. The van der Waals surface area contributed by atoms with Crippen molar-refractivity contribution in [1.29, 1.82) is 0 Å². The van der Waals surface area contributed by atoms with Crippen molar-refractivity contribution in [2.45, 2.75) is 59.6 Å². The van der Waals surface area contributed by atoms with Gasteiger partial charge in [-0.2, -0.15) is 0 Å². The quantitative estimate of drug-likeness (QED) is 0.427. The van der Waals surface area contributed by atoms with E-state index in [1.165, 1.54) is 0 Å². The van der Waals surface area contributed by atoms with Crippen LogP contribution in [-0.4, -0.2) is 23.4 Å². The molecular weight excluding hydrogens is 390 g/mol. The second-order valence-electron chi connectivity index (χ2n) is 8.08. The van der Waals surface area contributed by atoms with Gasteiger partial charge in [0.15, 0.2) is 0 Å². The van der Waals surface area contributed by atoms with Crippen LogP contribution in [0.3, 0.4) is 0 Å². The minimum absolute atomic E-state index is 0.119. The molecule has 2 aromatic carbocycles. The first kappa shape index (κ1) is 22.5. The summed E-state index contributed by atoms with van der Waals surface area (Å²) in [6.45, 7) is 10.9. The Labute approximate surface area is 184 Å². The summed E-state index contributed by atoms with van der Waals surface area (Å²) in [6, 6.07) is 13.9. The molecule has 0 saturated carbocycles. The highest BCUT2D eigenvalue weighted by Gasteiger charge is 2.19. The number of fused-ring (bicyclic) bond motifs is 1. The van der Waals surface area contributed by atoms with Gasteiger partial charge < -0.3 is 19.8 Å². The molecule has 1 unspecified atom stereocenters. The predicted octanol–water partition coefficient (Wildman–Crippen LogP) is 6.61. The number of nitrogens with two attached hydrogens (primary N) is 1. The lowest BCUT2D eigenvalue weighted by atomic mass is 10.1. The van der Waals surface area contributed by atoms with Crippen molar-refractivity contribution in [3.05, 3.63) is 42.5 Å². The Morgan fingerprint density at radius 1 is 1.10 bits per heavy atom. The fourth-order valence-corrected chi connectivity index (χ4v) is 3.58.